The number of nitrogens with zero attached hydrogens (tertiary/aromatic N) is 4. The Labute approximate surface area is 179 Å². The Kier molecular flexibility index (Phi) is 6.95. The second kappa shape index (κ2) is 10.0. The van der Waals surface area contributed by atoms with E-state index in [1.54, 1.807) is 18.6 Å². The molecule has 1 saturated carbocycles. The van der Waals surface area contributed by atoms with Gasteiger partial charge in [-0.2, -0.15) is 0 Å². The molecule has 1 aromatic heterocycles. The van der Waals surface area contributed by atoms with Crippen molar-refractivity contribution in [2.75, 3.05) is 30.4 Å². The third-order valence-electron chi connectivity index (χ3n) is 6.63. The van der Waals surface area contributed by atoms with Crippen molar-refractivity contribution in [3.63, 3.8) is 0 Å². The summed E-state index contributed by atoms with van der Waals surface area (Å²) < 4.78 is 0. The highest BCUT2D eigenvalue weighted by Crippen LogP contribution is 2.26. The third kappa shape index (κ3) is 5.17. The molecule has 1 N–H and O–H groups in total. The molecule has 2 heterocycles. The number of benzene rings is 1. The number of para-hydroxylation sites is 1. The minimum Gasteiger partial charge on any atom is -0.355 e. The molecule has 1 amide bonds. The molecular weight excluding hydrogens is 374 g/mol. The van der Waals surface area contributed by atoms with E-state index in [1.165, 1.54) is 37.7 Å². The van der Waals surface area contributed by atoms with Crippen LogP contribution >= 0.6 is 0 Å². The van der Waals surface area contributed by atoms with Crippen LogP contribution in [0.15, 0.2) is 42.9 Å². The smallest absolute Gasteiger partial charge is 0.227 e. The zero-order valence-corrected chi connectivity index (χ0v) is 18.0. The van der Waals surface area contributed by atoms with Crippen LogP contribution in [0.25, 0.3) is 0 Å². The van der Waals surface area contributed by atoms with Gasteiger partial charge in [0.2, 0.25) is 5.91 Å². The van der Waals surface area contributed by atoms with Gasteiger partial charge in [0.1, 0.15) is 5.82 Å². The van der Waals surface area contributed by atoms with E-state index in [1.807, 2.05) is 12.1 Å². The van der Waals surface area contributed by atoms with Crippen LogP contribution < -0.4 is 10.2 Å². The Morgan fingerprint density at radius 3 is 2.60 bits per heavy atom. The molecule has 0 radical (unpaired) electrons. The molecule has 0 atom stereocenters. The monoisotopic (exact) mass is 407 g/mol. The average Bonchev–Trinajstić information content (AvgIpc) is 2.81. The minimum absolute atomic E-state index is 0.0436. The lowest BCUT2D eigenvalue weighted by Crippen LogP contribution is -2.38. The van der Waals surface area contributed by atoms with Gasteiger partial charge in [-0.1, -0.05) is 37.5 Å². The van der Waals surface area contributed by atoms with E-state index in [2.05, 4.69) is 44.3 Å². The van der Waals surface area contributed by atoms with Crippen molar-refractivity contribution in [1.29, 1.82) is 0 Å². The molecule has 0 bridgehead atoms. The second-order valence-corrected chi connectivity index (χ2v) is 8.68. The molecule has 1 aromatic carbocycles. The Morgan fingerprint density at radius 1 is 1.10 bits per heavy atom. The summed E-state index contributed by atoms with van der Waals surface area (Å²) in [6, 6.07) is 8.92. The molecule has 0 spiro atoms. The van der Waals surface area contributed by atoms with Crippen LogP contribution in [-0.2, 0) is 11.3 Å². The largest absolute Gasteiger partial charge is 0.355 e. The van der Waals surface area contributed by atoms with Gasteiger partial charge in [-0.25, -0.2) is 4.98 Å². The number of nitrogens with one attached hydrogen (secondary N) is 1. The zero-order valence-electron chi connectivity index (χ0n) is 18.0. The van der Waals surface area contributed by atoms with Gasteiger partial charge in [0.05, 0.1) is 6.20 Å². The van der Waals surface area contributed by atoms with Gasteiger partial charge in [-0.15, -0.1) is 0 Å². The van der Waals surface area contributed by atoms with Crippen molar-refractivity contribution in [2.24, 2.45) is 5.92 Å². The molecule has 2 aromatic rings. The van der Waals surface area contributed by atoms with Crippen LogP contribution in [-0.4, -0.2) is 47.0 Å². The number of hydrogen-bond acceptors (Lipinski definition) is 5. The predicted molar refractivity (Wildman–Crippen MR) is 120 cm³/mol. The predicted octanol–water partition coefficient (Wildman–Crippen LogP) is 4.10. The molecule has 6 nitrogen and oxygen atoms in total. The summed E-state index contributed by atoms with van der Waals surface area (Å²) in [5.41, 5.74) is 2.16. The van der Waals surface area contributed by atoms with Gasteiger partial charge in [0.25, 0.3) is 0 Å². The molecule has 1 aliphatic carbocycles. The molecular formula is C24H33N5O. The quantitative estimate of drug-likeness (QED) is 0.781. The van der Waals surface area contributed by atoms with Crippen molar-refractivity contribution >= 4 is 17.4 Å². The van der Waals surface area contributed by atoms with Crippen LogP contribution in [0, 0.1) is 5.92 Å². The molecule has 0 unspecified atom stereocenters. The number of hydrogen-bond donors (Lipinski definition) is 1. The van der Waals surface area contributed by atoms with Crippen LogP contribution in [0.3, 0.4) is 0 Å². The fourth-order valence-electron chi connectivity index (χ4n) is 4.76. The Morgan fingerprint density at radius 2 is 1.87 bits per heavy atom. The van der Waals surface area contributed by atoms with Gasteiger partial charge < -0.3 is 10.2 Å². The van der Waals surface area contributed by atoms with E-state index in [0.29, 0.717) is 6.04 Å². The average molecular weight is 408 g/mol. The third-order valence-corrected chi connectivity index (χ3v) is 6.63. The Hall–Kier alpha value is -2.47. The molecule has 1 saturated heterocycles. The summed E-state index contributed by atoms with van der Waals surface area (Å²) in [6.07, 6.45) is 13.5. The number of aromatic nitrogens is 2. The summed E-state index contributed by atoms with van der Waals surface area (Å²) >= 11 is 0. The minimum atomic E-state index is 0.0436. The number of carbonyl (C=O) groups excluding carboxylic acids is 1. The van der Waals surface area contributed by atoms with Gasteiger partial charge in [0, 0.05) is 49.7 Å². The van der Waals surface area contributed by atoms with Gasteiger partial charge >= 0.3 is 0 Å². The Bertz CT molecular complexity index is 813. The summed E-state index contributed by atoms with van der Waals surface area (Å²) in [5.74, 6) is 1.08. The van der Waals surface area contributed by atoms with Crippen LogP contribution in [0.5, 0.6) is 0 Å². The van der Waals surface area contributed by atoms with Crippen LogP contribution in [0.2, 0.25) is 0 Å². The SMILES string of the molecule is CN(Cc1ccccc1NC(=O)C1CCN(c2cnccn2)CC1)C1CCCCC1. The standard InChI is InChI=1S/C24H33N5O/c1-28(21-8-3-2-4-9-21)18-20-7-5-6-10-22(20)27-24(30)19-11-15-29(16-12-19)23-17-25-13-14-26-23/h5-7,10,13-14,17,19,21H,2-4,8-9,11-12,15-16,18H2,1H3,(H,27,30). The number of carbonyl (C=O) groups is 1. The highest BCUT2D eigenvalue weighted by atomic mass is 16.1. The van der Waals surface area contributed by atoms with Gasteiger partial charge in [-0.05, 0) is 44.4 Å². The Balaban J connectivity index is 1.33. The number of piperidine rings is 1. The highest BCUT2D eigenvalue weighted by molar-refractivity contribution is 5.93. The van der Waals surface area contributed by atoms with Crippen molar-refractivity contribution in [1.82, 2.24) is 14.9 Å². The molecule has 1 aliphatic heterocycles. The van der Waals surface area contributed by atoms with E-state index in [0.717, 1.165) is 44.0 Å². The van der Waals surface area contributed by atoms with Gasteiger partial charge in [0.15, 0.2) is 0 Å². The second-order valence-electron chi connectivity index (χ2n) is 8.68. The van der Waals surface area contributed by atoms with Crippen molar-refractivity contribution in [2.45, 2.75) is 57.5 Å². The fourth-order valence-corrected chi connectivity index (χ4v) is 4.76. The molecule has 2 fully saturated rings. The van der Waals surface area contributed by atoms with E-state index >= 15 is 0 Å². The van der Waals surface area contributed by atoms with E-state index < -0.39 is 0 Å². The van der Waals surface area contributed by atoms with Crippen molar-refractivity contribution < 1.29 is 4.79 Å². The zero-order chi connectivity index (χ0) is 20.8. The van der Waals surface area contributed by atoms with Crippen LogP contribution in [0.4, 0.5) is 11.5 Å². The first-order valence-electron chi connectivity index (χ1n) is 11.3. The summed E-state index contributed by atoms with van der Waals surface area (Å²) in [6.45, 7) is 2.55. The molecule has 30 heavy (non-hydrogen) atoms. The van der Waals surface area contributed by atoms with E-state index in [4.69, 9.17) is 0 Å². The molecule has 160 valence electrons. The first kappa shape index (κ1) is 20.8. The van der Waals surface area contributed by atoms with E-state index in [-0.39, 0.29) is 11.8 Å². The van der Waals surface area contributed by atoms with Crippen molar-refractivity contribution in [3.05, 3.63) is 48.4 Å². The number of rotatable bonds is 6. The van der Waals surface area contributed by atoms with Crippen molar-refractivity contribution in [3.8, 4) is 0 Å². The van der Waals surface area contributed by atoms with Gasteiger partial charge in [-0.3, -0.25) is 14.7 Å². The summed E-state index contributed by atoms with van der Waals surface area (Å²) in [7, 11) is 2.22. The summed E-state index contributed by atoms with van der Waals surface area (Å²) in [5, 5.41) is 3.23. The fraction of sp³-hybridized carbons (Fsp3) is 0.542. The maximum absolute atomic E-state index is 13.0. The molecule has 2 aliphatic rings. The number of anilines is 2. The lowest BCUT2D eigenvalue weighted by Gasteiger charge is -2.33. The molecule has 4 rings (SSSR count). The topological polar surface area (TPSA) is 61.4 Å². The maximum Gasteiger partial charge on any atom is 0.227 e. The first-order valence-corrected chi connectivity index (χ1v) is 11.3. The maximum atomic E-state index is 13.0. The van der Waals surface area contributed by atoms with Crippen LogP contribution in [0.1, 0.15) is 50.5 Å². The molecule has 6 heteroatoms. The lowest BCUT2D eigenvalue weighted by molar-refractivity contribution is -0.120. The highest BCUT2D eigenvalue weighted by Gasteiger charge is 2.26. The number of amides is 1. The first-order chi connectivity index (χ1) is 14.7. The lowest BCUT2D eigenvalue weighted by atomic mass is 9.94. The summed E-state index contributed by atoms with van der Waals surface area (Å²) in [4.78, 5) is 26.2. The normalized spacial score (nSPS) is 18.5. The van der Waals surface area contributed by atoms with E-state index in [9.17, 15) is 4.79 Å².